The molecule has 236 valence electrons. The van der Waals surface area contributed by atoms with Crippen molar-refractivity contribution >= 4 is 45.4 Å². The lowest BCUT2D eigenvalue weighted by atomic mass is 10.1. The van der Waals surface area contributed by atoms with Crippen LogP contribution < -0.4 is 21.5 Å². The summed E-state index contributed by atoms with van der Waals surface area (Å²) in [5.74, 6) is 2.84. The number of piperidine rings is 1. The average molecular weight is 621 g/mol. The number of benzene rings is 1. The molecule has 5 N–H and O–H groups in total. The lowest BCUT2D eigenvalue weighted by molar-refractivity contribution is -0.117. The number of fused-ring (bicyclic) bond motifs is 4. The summed E-state index contributed by atoms with van der Waals surface area (Å²) in [7, 11) is 3.61. The number of nitrogens with two attached hydrogens (primary N) is 2. The largest absolute Gasteiger partial charge is 0.494 e. The number of carbonyl (C=O) groups excluding carboxylic acids is 2. The molecule has 8 rings (SSSR count). The monoisotopic (exact) mass is 620 g/mol. The Bertz CT molecular complexity index is 2010. The maximum Gasteiger partial charge on any atom is 0.254 e. The van der Waals surface area contributed by atoms with Gasteiger partial charge in [0.05, 0.1) is 42.8 Å². The van der Waals surface area contributed by atoms with Crippen LogP contribution in [-0.2, 0) is 24.8 Å². The Hall–Kier alpha value is -5.04. The maximum atomic E-state index is 13.7. The Morgan fingerprint density at radius 1 is 1.07 bits per heavy atom. The van der Waals surface area contributed by atoms with Crippen molar-refractivity contribution in [1.29, 1.82) is 0 Å². The Balaban J connectivity index is 1.16. The normalized spacial score (nSPS) is 20.6. The summed E-state index contributed by atoms with van der Waals surface area (Å²) in [6.07, 6.45) is 7.61. The second kappa shape index (κ2) is 10.8. The number of hydrogen-bond acceptors (Lipinski definition) is 9. The van der Waals surface area contributed by atoms with E-state index in [0.29, 0.717) is 52.5 Å². The Kier molecular flexibility index (Phi) is 6.67. The van der Waals surface area contributed by atoms with Crippen LogP contribution in [0.5, 0.6) is 5.75 Å². The summed E-state index contributed by atoms with van der Waals surface area (Å²) in [5.41, 5.74) is 16.2. The van der Waals surface area contributed by atoms with Crippen molar-refractivity contribution < 1.29 is 14.3 Å². The van der Waals surface area contributed by atoms with Crippen molar-refractivity contribution in [2.45, 2.75) is 50.7 Å². The van der Waals surface area contributed by atoms with E-state index in [1.807, 2.05) is 40.8 Å². The molecule has 1 aromatic carbocycles. The number of ether oxygens (including phenoxy) is 1. The number of imidazole rings is 1. The summed E-state index contributed by atoms with van der Waals surface area (Å²) in [5, 5.41) is 4.27. The topological polar surface area (TPSA) is 172 Å². The standard InChI is InChI=1S/C33H36N10O3/c1-41-30-22(9-20(11-25(30)46-2)33(45)43-16-19-5-7-23(43)29(19)35)39-32(41)24-10-18-6-8-27(40-31(18)42(24)15-17-3-4-17)38-21-13-36-28(37-14-21)12-26(34)44/h6,8-11,13-14,17,19,23,29H,3-5,7,12,15-16,35H2,1-2H3,(H2,34,44)(H,38,40)/t19-,23-,29-/m1/s1. The third-order valence-corrected chi connectivity index (χ3v) is 9.74. The van der Waals surface area contributed by atoms with Crippen LogP contribution in [0.1, 0.15) is 41.9 Å². The second-order valence-corrected chi connectivity index (χ2v) is 12.8. The van der Waals surface area contributed by atoms with Gasteiger partial charge in [0, 0.05) is 43.2 Å². The van der Waals surface area contributed by atoms with E-state index >= 15 is 0 Å². The van der Waals surface area contributed by atoms with E-state index < -0.39 is 5.91 Å². The van der Waals surface area contributed by atoms with E-state index in [1.165, 1.54) is 12.8 Å². The van der Waals surface area contributed by atoms with Gasteiger partial charge in [-0.2, -0.15) is 0 Å². The van der Waals surface area contributed by atoms with Crippen molar-refractivity contribution in [3.05, 3.63) is 54.1 Å². The Morgan fingerprint density at radius 2 is 1.87 bits per heavy atom. The first kappa shape index (κ1) is 28.4. The van der Waals surface area contributed by atoms with E-state index in [1.54, 1.807) is 19.5 Å². The molecule has 13 heteroatoms. The molecule has 4 aromatic heterocycles. The quantitative estimate of drug-likeness (QED) is 0.224. The van der Waals surface area contributed by atoms with Crippen LogP contribution in [-0.4, -0.2) is 71.5 Å². The van der Waals surface area contributed by atoms with E-state index in [-0.39, 0.29) is 24.4 Å². The van der Waals surface area contributed by atoms with Crippen LogP contribution in [0.4, 0.5) is 11.5 Å². The van der Waals surface area contributed by atoms with Crippen LogP contribution in [0.25, 0.3) is 33.6 Å². The number of hydrogen-bond donors (Lipinski definition) is 3. The molecule has 3 fully saturated rings. The van der Waals surface area contributed by atoms with Crippen molar-refractivity contribution in [2.75, 3.05) is 19.0 Å². The Morgan fingerprint density at radius 3 is 2.54 bits per heavy atom. The first-order valence-electron chi connectivity index (χ1n) is 15.7. The molecule has 2 aliphatic carbocycles. The molecule has 2 saturated carbocycles. The number of aromatic nitrogens is 6. The predicted molar refractivity (Wildman–Crippen MR) is 172 cm³/mol. The van der Waals surface area contributed by atoms with Gasteiger partial charge >= 0.3 is 0 Å². The molecule has 2 bridgehead atoms. The van der Waals surface area contributed by atoms with Crippen molar-refractivity contribution in [2.24, 2.45) is 30.4 Å². The minimum absolute atomic E-state index is 0.0122. The number of methoxy groups -OCH3 is 1. The number of pyridine rings is 1. The lowest BCUT2D eigenvalue weighted by Gasteiger charge is -2.27. The summed E-state index contributed by atoms with van der Waals surface area (Å²) in [4.78, 5) is 45.4. The van der Waals surface area contributed by atoms with Gasteiger partial charge in [-0.3, -0.25) is 9.59 Å². The van der Waals surface area contributed by atoms with E-state index in [0.717, 1.165) is 47.5 Å². The van der Waals surface area contributed by atoms with Gasteiger partial charge in [-0.05, 0) is 67.9 Å². The van der Waals surface area contributed by atoms with Gasteiger partial charge in [0.2, 0.25) is 5.91 Å². The van der Waals surface area contributed by atoms with Gasteiger partial charge < -0.3 is 35.6 Å². The second-order valence-electron chi connectivity index (χ2n) is 12.8. The van der Waals surface area contributed by atoms with Gasteiger partial charge in [0.15, 0.2) is 5.82 Å². The molecule has 0 radical (unpaired) electrons. The van der Waals surface area contributed by atoms with Gasteiger partial charge in [0.1, 0.15) is 28.6 Å². The van der Waals surface area contributed by atoms with Crippen LogP contribution in [0, 0.1) is 11.8 Å². The van der Waals surface area contributed by atoms with Gasteiger partial charge in [0.25, 0.3) is 5.91 Å². The SMILES string of the molecule is COc1cc(C(=O)N2C[C@H]3CC[C@@H]2[C@@H]3N)cc2nc(-c3cc4ccc(Nc5cnc(CC(N)=O)nc5)nc4n3CC3CC3)n(C)c12. The van der Waals surface area contributed by atoms with Crippen LogP contribution in [0.3, 0.4) is 0 Å². The number of likely N-dealkylation sites (tertiary alicyclic amines) is 1. The van der Waals surface area contributed by atoms with Crippen LogP contribution in [0.2, 0.25) is 0 Å². The smallest absolute Gasteiger partial charge is 0.254 e. The molecule has 5 aromatic rings. The molecule has 0 unspecified atom stereocenters. The number of nitrogens with zero attached hydrogens (tertiary/aromatic N) is 7. The highest BCUT2D eigenvalue weighted by Crippen LogP contribution is 2.40. The third kappa shape index (κ3) is 4.82. The third-order valence-electron chi connectivity index (χ3n) is 9.74. The summed E-state index contributed by atoms with van der Waals surface area (Å²) >= 11 is 0. The minimum atomic E-state index is -0.480. The number of amides is 2. The maximum absolute atomic E-state index is 13.7. The molecule has 1 saturated heterocycles. The summed E-state index contributed by atoms with van der Waals surface area (Å²) < 4.78 is 10.1. The zero-order chi connectivity index (χ0) is 31.7. The zero-order valence-corrected chi connectivity index (χ0v) is 25.8. The predicted octanol–water partition coefficient (Wildman–Crippen LogP) is 3.13. The van der Waals surface area contributed by atoms with E-state index in [4.69, 9.17) is 26.2 Å². The molecule has 2 amide bonds. The molecule has 13 nitrogen and oxygen atoms in total. The van der Waals surface area contributed by atoms with Crippen molar-refractivity contribution in [1.82, 2.24) is 34.0 Å². The lowest BCUT2D eigenvalue weighted by Crippen LogP contribution is -2.41. The van der Waals surface area contributed by atoms with E-state index in [9.17, 15) is 9.59 Å². The molecule has 46 heavy (non-hydrogen) atoms. The molecule has 5 heterocycles. The van der Waals surface area contributed by atoms with Crippen LogP contribution >= 0.6 is 0 Å². The Labute approximate surface area is 265 Å². The van der Waals surface area contributed by atoms with Crippen LogP contribution in [0.15, 0.2) is 42.7 Å². The van der Waals surface area contributed by atoms with Gasteiger partial charge in [-0.25, -0.2) is 19.9 Å². The molecule has 1 aliphatic heterocycles. The number of primary amides is 1. The highest BCUT2D eigenvalue weighted by atomic mass is 16.5. The summed E-state index contributed by atoms with van der Waals surface area (Å²) in [6.45, 7) is 1.53. The molecular formula is C33H36N10O3. The fourth-order valence-electron chi connectivity index (χ4n) is 7.21. The van der Waals surface area contributed by atoms with Crippen molar-refractivity contribution in [3.8, 4) is 17.3 Å². The number of anilines is 2. The fraction of sp³-hybridized carbons (Fsp3) is 0.394. The number of rotatable bonds is 9. The first-order valence-corrected chi connectivity index (χ1v) is 15.7. The average Bonchev–Trinajstić information content (AvgIpc) is 3.46. The highest BCUT2D eigenvalue weighted by molar-refractivity contribution is 6.00. The van der Waals surface area contributed by atoms with Crippen molar-refractivity contribution in [3.63, 3.8) is 0 Å². The fourth-order valence-corrected chi connectivity index (χ4v) is 7.21. The first-order chi connectivity index (χ1) is 22.3. The van der Waals surface area contributed by atoms with Gasteiger partial charge in [-0.15, -0.1) is 0 Å². The summed E-state index contributed by atoms with van der Waals surface area (Å²) in [6, 6.07) is 9.93. The number of nitrogens with one attached hydrogen (secondary N) is 1. The molecular weight excluding hydrogens is 584 g/mol. The highest BCUT2D eigenvalue weighted by Gasteiger charge is 2.47. The zero-order valence-electron chi connectivity index (χ0n) is 25.8. The molecule has 3 atom stereocenters. The molecule has 0 spiro atoms. The number of aryl methyl sites for hydroxylation is 1. The number of carbonyl (C=O) groups is 2. The minimum Gasteiger partial charge on any atom is -0.494 e. The van der Waals surface area contributed by atoms with Gasteiger partial charge in [-0.1, -0.05) is 0 Å². The molecule has 3 aliphatic rings. The van der Waals surface area contributed by atoms with E-state index in [2.05, 4.69) is 25.9 Å².